The highest BCUT2D eigenvalue weighted by Gasteiger charge is 2.21. The first-order chi connectivity index (χ1) is 8.06. The summed E-state index contributed by atoms with van der Waals surface area (Å²) in [6.07, 6.45) is 0.396. The van der Waals surface area contributed by atoms with Crippen LogP contribution in [-0.2, 0) is 4.79 Å². The maximum atomic E-state index is 11.0. The van der Waals surface area contributed by atoms with E-state index >= 15 is 0 Å². The molecule has 2 rings (SSSR count). The lowest BCUT2D eigenvalue weighted by molar-refractivity contribution is -0.119. The Balaban J connectivity index is 2.14. The van der Waals surface area contributed by atoms with Crippen molar-refractivity contribution < 1.29 is 14.7 Å². The van der Waals surface area contributed by atoms with Gasteiger partial charge in [0.15, 0.2) is 0 Å². The van der Waals surface area contributed by atoms with E-state index in [1.807, 2.05) is 0 Å². The van der Waals surface area contributed by atoms with Crippen molar-refractivity contribution in [3.8, 4) is 0 Å². The number of nitrogens with one attached hydrogen (secondary N) is 2. The van der Waals surface area contributed by atoms with Gasteiger partial charge in [0.25, 0.3) is 0 Å². The molecule has 6 heteroatoms. The molecule has 17 heavy (non-hydrogen) atoms. The van der Waals surface area contributed by atoms with Gasteiger partial charge in [0.2, 0.25) is 5.91 Å². The fraction of sp³-hybridized carbons (Fsp3) is 0.273. The van der Waals surface area contributed by atoms with Gasteiger partial charge in [-0.25, -0.2) is 4.79 Å². The highest BCUT2D eigenvalue weighted by atomic mass is 16.4. The molecule has 1 aromatic rings. The number of nitrogen functional groups attached to an aromatic ring is 1. The van der Waals surface area contributed by atoms with Crippen LogP contribution in [0.25, 0.3) is 0 Å². The number of anilines is 2. The maximum absolute atomic E-state index is 11.0. The molecule has 0 aliphatic carbocycles. The van der Waals surface area contributed by atoms with Crippen molar-refractivity contribution in [1.82, 2.24) is 5.32 Å². The number of carboxylic acids is 1. The largest absolute Gasteiger partial charge is 0.478 e. The zero-order valence-electron chi connectivity index (χ0n) is 9.06. The first-order valence-corrected chi connectivity index (χ1v) is 5.22. The third kappa shape index (κ3) is 2.47. The summed E-state index contributed by atoms with van der Waals surface area (Å²) < 4.78 is 0. The highest BCUT2D eigenvalue weighted by Crippen LogP contribution is 2.19. The van der Waals surface area contributed by atoms with Gasteiger partial charge in [0, 0.05) is 24.3 Å². The minimum atomic E-state index is -1.06. The second kappa shape index (κ2) is 4.32. The van der Waals surface area contributed by atoms with E-state index in [4.69, 9.17) is 10.8 Å². The molecule has 1 atom stereocenters. The first kappa shape index (κ1) is 11.3. The molecular formula is C11H13N3O3. The van der Waals surface area contributed by atoms with Crippen LogP contribution in [0.1, 0.15) is 16.8 Å². The predicted octanol–water partition coefficient (Wildman–Crippen LogP) is 0.267. The zero-order chi connectivity index (χ0) is 12.4. The van der Waals surface area contributed by atoms with Gasteiger partial charge in [-0.15, -0.1) is 0 Å². The smallest absolute Gasteiger partial charge is 0.337 e. The summed E-state index contributed by atoms with van der Waals surface area (Å²) >= 11 is 0. The van der Waals surface area contributed by atoms with E-state index < -0.39 is 5.97 Å². The molecule has 0 spiro atoms. The zero-order valence-corrected chi connectivity index (χ0v) is 9.06. The van der Waals surface area contributed by atoms with E-state index in [0.717, 1.165) is 0 Å². The van der Waals surface area contributed by atoms with Crippen LogP contribution in [0.3, 0.4) is 0 Å². The van der Waals surface area contributed by atoms with Crippen molar-refractivity contribution in [2.75, 3.05) is 17.6 Å². The second-order valence-electron chi connectivity index (χ2n) is 3.96. The molecule has 90 valence electrons. The van der Waals surface area contributed by atoms with Crippen LogP contribution in [0, 0.1) is 0 Å². The lowest BCUT2D eigenvalue weighted by Crippen LogP contribution is -2.22. The topological polar surface area (TPSA) is 104 Å². The standard InChI is InChI=1S/C11H13N3O3/c12-9-2-1-6(3-8(9)11(16)17)14-7-4-10(15)13-5-7/h1-3,7,14H,4-5,12H2,(H,13,15)(H,16,17). The number of hydrogen-bond acceptors (Lipinski definition) is 4. The number of benzene rings is 1. The lowest BCUT2D eigenvalue weighted by atomic mass is 10.1. The first-order valence-electron chi connectivity index (χ1n) is 5.22. The summed E-state index contributed by atoms with van der Waals surface area (Å²) in [7, 11) is 0. The van der Waals surface area contributed by atoms with Crippen molar-refractivity contribution in [2.24, 2.45) is 0 Å². The monoisotopic (exact) mass is 235 g/mol. The molecule has 1 aliphatic rings. The van der Waals surface area contributed by atoms with Crippen LogP contribution >= 0.6 is 0 Å². The van der Waals surface area contributed by atoms with E-state index in [1.54, 1.807) is 6.07 Å². The third-order valence-electron chi connectivity index (χ3n) is 2.63. The Labute approximate surface area is 97.8 Å². The Bertz CT molecular complexity index is 473. The van der Waals surface area contributed by atoms with E-state index in [1.165, 1.54) is 12.1 Å². The van der Waals surface area contributed by atoms with Crippen molar-refractivity contribution in [3.63, 3.8) is 0 Å². The van der Waals surface area contributed by atoms with Gasteiger partial charge in [-0.3, -0.25) is 4.79 Å². The minimum absolute atomic E-state index is 0.00333. The number of aromatic carboxylic acids is 1. The average Bonchev–Trinajstić information content (AvgIpc) is 2.66. The predicted molar refractivity (Wildman–Crippen MR) is 62.9 cm³/mol. The van der Waals surface area contributed by atoms with Crippen LogP contribution in [0.15, 0.2) is 18.2 Å². The molecule has 1 fully saturated rings. The Kier molecular flexibility index (Phi) is 2.86. The number of rotatable bonds is 3. The molecular weight excluding hydrogens is 222 g/mol. The summed E-state index contributed by atoms with van der Waals surface area (Å²) in [4.78, 5) is 21.9. The van der Waals surface area contributed by atoms with Gasteiger partial charge in [-0.05, 0) is 18.2 Å². The van der Waals surface area contributed by atoms with Gasteiger partial charge in [-0.1, -0.05) is 0 Å². The minimum Gasteiger partial charge on any atom is -0.478 e. The van der Waals surface area contributed by atoms with E-state index in [2.05, 4.69) is 10.6 Å². The molecule has 0 radical (unpaired) electrons. The third-order valence-corrected chi connectivity index (χ3v) is 2.63. The normalized spacial score (nSPS) is 18.8. The van der Waals surface area contributed by atoms with Crippen LogP contribution < -0.4 is 16.4 Å². The molecule has 1 unspecified atom stereocenters. The van der Waals surface area contributed by atoms with Crippen molar-refractivity contribution in [2.45, 2.75) is 12.5 Å². The van der Waals surface area contributed by atoms with E-state index in [-0.39, 0.29) is 23.2 Å². The van der Waals surface area contributed by atoms with Gasteiger partial charge in [0.1, 0.15) is 0 Å². The maximum Gasteiger partial charge on any atom is 0.337 e. The Morgan fingerprint density at radius 2 is 2.29 bits per heavy atom. The van der Waals surface area contributed by atoms with Gasteiger partial charge in [0.05, 0.1) is 11.6 Å². The van der Waals surface area contributed by atoms with E-state index in [0.29, 0.717) is 18.7 Å². The molecule has 0 bridgehead atoms. The summed E-state index contributed by atoms with van der Waals surface area (Å²) in [6.45, 7) is 0.547. The number of amides is 1. The molecule has 1 aromatic carbocycles. The van der Waals surface area contributed by atoms with Gasteiger partial charge in [-0.2, -0.15) is 0 Å². The summed E-state index contributed by atoms with van der Waals surface area (Å²) in [5, 5.41) is 14.7. The Morgan fingerprint density at radius 1 is 1.53 bits per heavy atom. The van der Waals surface area contributed by atoms with Crippen molar-refractivity contribution >= 4 is 23.3 Å². The summed E-state index contributed by atoms with van der Waals surface area (Å²) in [5.41, 5.74) is 6.48. The van der Waals surface area contributed by atoms with Gasteiger partial charge >= 0.3 is 5.97 Å². The van der Waals surface area contributed by atoms with Crippen molar-refractivity contribution in [3.05, 3.63) is 23.8 Å². The molecule has 0 aromatic heterocycles. The van der Waals surface area contributed by atoms with Crippen molar-refractivity contribution in [1.29, 1.82) is 0 Å². The van der Waals surface area contributed by atoms with Crippen LogP contribution in [0.5, 0.6) is 0 Å². The molecule has 1 heterocycles. The number of hydrogen-bond donors (Lipinski definition) is 4. The summed E-state index contributed by atoms with van der Waals surface area (Å²) in [5.74, 6) is -1.07. The SMILES string of the molecule is Nc1ccc(NC2CNC(=O)C2)cc1C(=O)O. The molecule has 5 N–H and O–H groups in total. The van der Waals surface area contributed by atoms with E-state index in [9.17, 15) is 9.59 Å². The molecule has 0 saturated carbocycles. The average molecular weight is 235 g/mol. The Hall–Kier alpha value is -2.24. The molecule has 1 aliphatic heterocycles. The quantitative estimate of drug-likeness (QED) is 0.563. The van der Waals surface area contributed by atoms with Gasteiger partial charge < -0.3 is 21.5 Å². The Morgan fingerprint density at radius 3 is 2.88 bits per heavy atom. The number of carboxylic acid groups (broad SMARTS) is 1. The van der Waals surface area contributed by atoms with Crippen LogP contribution in [-0.4, -0.2) is 29.6 Å². The molecule has 1 amide bonds. The highest BCUT2D eigenvalue weighted by molar-refractivity contribution is 5.94. The fourth-order valence-electron chi connectivity index (χ4n) is 1.77. The summed E-state index contributed by atoms with van der Waals surface area (Å²) in [6, 6.07) is 4.70. The molecule has 6 nitrogen and oxygen atoms in total. The molecule has 1 saturated heterocycles. The van der Waals surface area contributed by atoms with Crippen LogP contribution in [0.4, 0.5) is 11.4 Å². The number of nitrogens with two attached hydrogens (primary N) is 1. The lowest BCUT2D eigenvalue weighted by Gasteiger charge is -2.13. The number of carbonyl (C=O) groups is 2. The fourth-order valence-corrected chi connectivity index (χ4v) is 1.77. The second-order valence-corrected chi connectivity index (χ2v) is 3.96. The number of carbonyl (C=O) groups excluding carboxylic acids is 1. The van der Waals surface area contributed by atoms with Crippen LogP contribution in [0.2, 0.25) is 0 Å².